The molecular weight excluding hydrogens is 414 g/mol. The lowest BCUT2D eigenvalue weighted by Crippen LogP contribution is -1.99. The monoisotopic (exact) mass is 442 g/mol. The summed E-state index contributed by atoms with van der Waals surface area (Å²) >= 11 is 0. The second-order valence-electron chi connectivity index (χ2n) is 7.76. The van der Waals surface area contributed by atoms with Crippen LogP contribution in [0.5, 0.6) is 0 Å². The standard InChI is InChI=1S/C32H24.BH3.FH/c1-5-15-25(16-6-1)29-23-13-14-24-30(29)32(28-21-11-4-12-22-28)31(26-17-7-2-8-18-26)27-19-9-3-10-20-27;;/h1-24H;1H3;1H. The third-order valence-electron chi connectivity index (χ3n) is 5.72. The molecule has 0 bridgehead atoms. The lowest BCUT2D eigenvalue weighted by Gasteiger charge is -2.20. The fourth-order valence-corrected chi connectivity index (χ4v) is 4.27. The molecule has 0 spiro atoms. The van der Waals surface area contributed by atoms with Crippen molar-refractivity contribution >= 4 is 19.6 Å². The van der Waals surface area contributed by atoms with Crippen LogP contribution in [0.2, 0.25) is 0 Å². The van der Waals surface area contributed by atoms with Crippen LogP contribution in [-0.2, 0) is 0 Å². The van der Waals surface area contributed by atoms with Crippen molar-refractivity contribution < 1.29 is 4.70 Å². The highest BCUT2D eigenvalue weighted by Crippen LogP contribution is 2.40. The number of hydrogen-bond donors (Lipinski definition) is 0. The van der Waals surface area contributed by atoms with Crippen LogP contribution in [0, 0.1) is 0 Å². The first kappa shape index (κ1) is 24.5. The molecule has 0 atom stereocenters. The summed E-state index contributed by atoms with van der Waals surface area (Å²) in [5.41, 5.74) is 9.78. The topological polar surface area (TPSA) is 0 Å². The molecule has 166 valence electrons. The molecule has 2 heteroatoms. The van der Waals surface area contributed by atoms with Gasteiger partial charge in [-0.3, -0.25) is 4.70 Å². The van der Waals surface area contributed by atoms with Gasteiger partial charge in [0.05, 0.1) is 8.41 Å². The van der Waals surface area contributed by atoms with Gasteiger partial charge in [-0.05, 0) is 44.5 Å². The van der Waals surface area contributed by atoms with Crippen molar-refractivity contribution in [2.45, 2.75) is 0 Å². The molecule has 0 aliphatic carbocycles. The van der Waals surface area contributed by atoms with Crippen molar-refractivity contribution in [2.24, 2.45) is 0 Å². The molecule has 0 unspecified atom stereocenters. The summed E-state index contributed by atoms with van der Waals surface area (Å²) in [4.78, 5) is 0. The fraction of sp³-hybridized carbons (Fsp3) is 0. The van der Waals surface area contributed by atoms with E-state index in [0.717, 1.165) is 0 Å². The Morgan fingerprint density at radius 3 is 1.18 bits per heavy atom. The van der Waals surface area contributed by atoms with Gasteiger partial charge < -0.3 is 0 Å². The minimum atomic E-state index is 0. The predicted molar refractivity (Wildman–Crippen MR) is 149 cm³/mol. The second-order valence-corrected chi connectivity index (χ2v) is 7.76. The van der Waals surface area contributed by atoms with Gasteiger partial charge in [0, 0.05) is 0 Å². The fourth-order valence-electron chi connectivity index (χ4n) is 4.27. The lowest BCUT2D eigenvalue weighted by molar-refractivity contribution is 1.11. The van der Waals surface area contributed by atoms with Crippen molar-refractivity contribution in [1.29, 1.82) is 0 Å². The average molecular weight is 442 g/mol. The van der Waals surface area contributed by atoms with Gasteiger partial charge in [-0.2, -0.15) is 0 Å². The molecule has 5 rings (SSSR count). The first-order chi connectivity index (χ1) is 15.9. The Kier molecular flexibility index (Phi) is 8.37. The summed E-state index contributed by atoms with van der Waals surface area (Å²) in [6.07, 6.45) is 0. The summed E-state index contributed by atoms with van der Waals surface area (Å²) in [7, 11) is 0. The smallest absolute Gasteiger partial charge is 0.0814 e. The summed E-state index contributed by atoms with van der Waals surface area (Å²) < 4.78 is 0. The molecule has 0 saturated heterocycles. The Bertz CT molecular complexity index is 1290. The van der Waals surface area contributed by atoms with Crippen molar-refractivity contribution in [3.05, 3.63) is 168 Å². The molecule has 0 amide bonds. The SMILES string of the molecule is B.F.c1ccc(C(=C(c2ccccc2)c2ccccc2-c2ccccc2)c2ccccc2)cc1. The Labute approximate surface area is 203 Å². The first-order valence-electron chi connectivity index (χ1n) is 11.0. The predicted octanol–water partition coefficient (Wildman–Crippen LogP) is 7.33. The van der Waals surface area contributed by atoms with E-state index < -0.39 is 0 Å². The summed E-state index contributed by atoms with van der Waals surface area (Å²) in [6, 6.07) is 51.6. The highest BCUT2D eigenvalue weighted by molar-refractivity contribution is 6.07. The van der Waals surface area contributed by atoms with Crippen LogP contribution >= 0.6 is 0 Å². The molecule has 0 heterocycles. The van der Waals surface area contributed by atoms with Gasteiger partial charge in [0.2, 0.25) is 0 Å². The van der Waals surface area contributed by atoms with E-state index in [4.69, 9.17) is 0 Å². The van der Waals surface area contributed by atoms with E-state index in [9.17, 15) is 0 Å². The van der Waals surface area contributed by atoms with Crippen molar-refractivity contribution in [1.82, 2.24) is 0 Å². The Morgan fingerprint density at radius 1 is 0.353 bits per heavy atom. The zero-order valence-corrected chi connectivity index (χ0v) is 18.3. The van der Waals surface area contributed by atoms with Gasteiger partial charge >= 0.3 is 0 Å². The molecule has 5 aromatic carbocycles. The quantitative estimate of drug-likeness (QED) is 0.198. The van der Waals surface area contributed by atoms with Crippen LogP contribution in [0.1, 0.15) is 22.3 Å². The molecule has 0 radical (unpaired) electrons. The van der Waals surface area contributed by atoms with Crippen LogP contribution in [0.4, 0.5) is 4.70 Å². The number of halogens is 1. The van der Waals surface area contributed by atoms with Gasteiger partial charge in [0.25, 0.3) is 0 Å². The van der Waals surface area contributed by atoms with E-state index in [1.54, 1.807) is 0 Å². The largest absolute Gasteiger partial charge is 0.269 e. The van der Waals surface area contributed by atoms with E-state index in [1.807, 2.05) is 0 Å². The summed E-state index contributed by atoms with van der Waals surface area (Å²) in [5, 5.41) is 0. The van der Waals surface area contributed by atoms with Gasteiger partial charge in [-0.1, -0.05) is 146 Å². The average Bonchev–Trinajstić information content (AvgIpc) is 2.89. The van der Waals surface area contributed by atoms with Crippen molar-refractivity contribution in [3.8, 4) is 11.1 Å². The maximum atomic E-state index is 2.25. The Hall–Kier alpha value is -4.17. The Morgan fingerprint density at radius 2 is 0.706 bits per heavy atom. The molecular formula is C32H28BF. The Balaban J connectivity index is 0.00000162. The van der Waals surface area contributed by atoms with Crippen LogP contribution in [-0.4, -0.2) is 8.41 Å². The van der Waals surface area contributed by atoms with Gasteiger partial charge in [-0.15, -0.1) is 0 Å². The molecule has 0 aromatic heterocycles. The van der Waals surface area contributed by atoms with Crippen LogP contribution < -0.4 is 0 Å². The highest BCUT2D eigenvalue weighted by atomic mass is 19.0. The van der Waals surface area contributed by atoms with E-state index in [1.165, 1.54) is 44.5 Å². The normalized spacial score (nSPS) is 9.88. The molecule has 0 aliphatic rings. The lowest BCUT2D eigenvalue weighted by atomic mass is 9.83. The zero-order valence-electron chi connectivity index (χ0n) is 18.3. The minimum Gasteiger partial charge on any atom is -0.269 e. The van der Waals surface area contributed by atoms with E-state index in [2.05, 4.69) is 146 Å². The molecule has 0 aliphatic heterocycles. The third kappa shape index (κ3) is 5.08. The summed E-state index contributed by atoms with van der Waals surface area (Å²) in [6.45, 7) is 0. The zero-order chi connectivity index (χ0) is 21.6. The van der Waals surface area contributed by atoms with Gasteiger partial charge in [0.1, 0.15) is 0 Å². The van der Waals surface area contributed by atoms with E-state index in [0.29, 0.717) is 0 Å². The summed E-state index contributed by atoms with van der Waals surface area (Å²) in [5.74, 6) is 0. The maximum Gasteiger partial charge on any atom is 0.0814 e. The van der Waals surface area contributed by atoms with Crippen LogP contribution in [0.25, 0.3) is 22.3 Å². The molecule has 0 fully saturated rings. The van der Waals surface area contributed by atoms with Crippen LogP contribution in [0.3, 0.4) is 0 Å². The maximum absolute atomic E-state index is 2.25. The number of benzene rings is 5. The molecule has 5 aromatic rings. The third-order valence-corrected chi connectivity index (χ3v) is 5.72. The van der Waals surface area contributed by atoms with Crippen molar-refractivity contribution in [3.63, 3.8) is 0 Å². The molecule has 0 saturated carbocycles. The van der Waals surface area contributed by atoms with Crippen LogP contribution in [0.15, 0.2) is 146 Å². The van der Waals surface area contributed by atoms with Gasteiger partial charge in [0.15, 0.2) is 0 Å². The minimum absolute atomic E-state index is 0. The number of rotatable bonds is 5. The molecule has 34 heavy (non-hydrogen) atoms. The van der Waals surface area contributed by atoms with Crippen molar-refractivity contribution in [2.75, 3.05) is 0 Å². The first-order valence-corrected chi connectivity index (χ1v) is 11.0. The van der Waals surface area contributed by atoms with Gasteiger partial charge in [-0.25, -0.2) is 0 Å². The second kappa shape index (κ2) is 11.6. The highest BCUT2D eigenvalue weighted by Gasteiger charge is 2.18. The molecule has 0 N–H and O–H groups in total. The number of hydrogen-bond acceptors (Lipinski definition) is 0. The van der Waals surface area contributed by atoms with E-state index >= 15 is 0 Å². The molecule has 0 nitrogen and oxygen atoms in total. The van der Waals surface area contributed by atoms with E-state index in [-0.39, 0.29) is 13.1 Å².